The molecule has 0 atom stereocenters. The second-order valence-corrected chi connectivity index (χ2v) is 6.89. The topological polar surface area (TPSA) is 37.8 Å². The van der Waals surface area contributed by atoms with Crippen LogP contribution >= 0.6 is 22.6 Å². The fourth-order valence-electron chi connectivity index (χ4n) is 2.01. The molecule has 0 saturated heterocycles. The molecule has 20 heavy (non-hydrogen) atoms. The maximum absolute atomic E-state index is 4.79. The quantitative estimate of drug-likeness (QED) is 0.817. The number of nitrogens with one attached hydrogen (secondary N) is 1. The molecular weight excluding hydrogens is 361 g/mol. The zero-order valence-electron chi connectivity index (χ0n) is 12.4. The molecule has 0 saturated carbocycles. The summed E-state index contributed by atoms with van der Waals surface area (Å²) in [5.74, 6) is 1.78. The molecule has 0 aliphatic heterocycles. The first-order valence-corrected chi connectivity index (χ1v) is 7.78. The van der Waals surface area contributed by atoms with Gasteiger partial charge < -0.3 is 5.32 Å². The highest BCUT2D eigenvalue weighted by Gasteiger charge is 2.22. The Balaban J connectivity index is 2.44. The molecule has 0 unspecified atom stereocenters. The molecule has 106 valence electrons. The third kappa shape index (κ3) is 3.48. The van der Waals surface area contributed by atoms with E-state index >= 15 is 0 Å². The first-order valence-electron chi connectivity index (χ1n) is 6.70. The Morgan fingerprint density at radius 3 is 2.30 bits per heavy atom. The van der Waals surface area contributed by atoms with Gasteiger partial charge in [0.15, 0.2) is 0 Å². The zero-order valence-corrected chi connectivity index (χ0v) is 14.5. The van der Waals surface area contributed by atoms with Crippen LogP contribution in [0.3, 0.4) is 0 Å². The lowest BCUT2D eigenvalue weighted by Crippen LogP contribution is -2.19. The lowest BCUT2D eigenvalue weighted by atomic mass is 9.91. The highest BCUT2D eigenvalue weighted by molar-refractivity contribution is 14.1. The molecule has 1 heterocycles. The highest BCUT2D eigenvalue weighted by atomic mass is 127. The van der Waals surface area contributed by atoms with Gasteiger partial charge in [0.05, 0.1) is 9.26 Å². The van der Waals surface area contributed by atoms with Gasteiger partial charge in [0, 0.05) is 18.9 Å². The van der Waals surface area contributed by atoms with E-state index < -0.39 is 0 Å². The molecule has 1 N–H and O–H groups in total. The van der Waals surface area contributed by atoms with Gasteiger partial charge in [-0.1, -0.05) is 51.1 Å². The van der Waals surface area contributed by atoms with E-state index in [2.05, 4.69) is 65.8 Å². The summed E-state index contributed by atoms with van der Waals surface area (Å²) in [6.07, 6.45) is 0.759. The van der Waals surface area contributed by atoms with Crippen LogP contribution in [0.25, 0.3) is 0 Å². The van der Waals surface area contributed by atoms with Gasteiger partial charge in [0.1, 0.15) is 11.6 Å². The third-order valence-corrected chi connectivity index (χ3v) is 4.07. The molecule has 3 nitrogen and oxygen atoms in total. The van der Waals surface area contributed by atoms with Crippen LogP contribution < -0.4 is 5.32 Å². The van der Waals surface area contributed by atoms with E-state index in [1.807, 2.05) is 25.2 Å². The Morgan fingerprint density at radius 2 is 1.75 bits per heavy atom. The van der Waals surface area contributed by atoms with E-state index in [4.69, 9.17) is 4.98 Å². The van der Waals surface area contributed by atoms with Crippen molar-refractivity contribution in [2.75, 3.05) is 12.4 Å². The average molecular weight is 381 g/mol. The van der Waals surface area contributed by atoms with Crippen molar-refractivity contribution < 1.29 is 0 Å². The van der Waals surface area contributed by atoms with Crippen LogP contribution in [-0.2, 0) is 11.8 Å². The summed E-state index contributed by atoms with van der Waals surface area (Å²) in [5.41, 5.74) is 2.34. The third-order valence-electron chi connectivity index (χ3n) is 3.05. The normalized spacial score (nSPS) is 11.4. The van der Waals surface area contributed by atoms with Gasteiger partial charge in [-0.15, -0.1) is 0 Å². The van der Waals surface area contributed by atoms with Crippen LogP contribution in [0.1, 0.15) is 37.9 Å². The van der Waals surface area contributed by atoms with Crippen molar-refractivity contribution in [3.63, 3.8) is 0 Å². The summed E-state index contributed by atoms with van der Waals surface area (Å²) in [6.45, 7) is 6.55. The van der Waals surface area contributed by atoms with Gasteiger partial charge in [-0.3, -0.25) is 0 Å². The summed E-state index contributed by atoms with van der Waals surface area (Å²) < 4.78 is 1.11. The number of hydrogen-bond acceptors (Lipinski definition) is 3. The van der Waals surface area contributed by atoms with E-state index in [9.17, 15) is 0 Å². The molecular formula is C16H20IN3. The lowest BCUT2D eigenvalue weighted by Gasteiger charge is -2.21. The highest BCUT2D eigenvalue weighted by Crippen LogP contribution is 2.29. The molecule has 2 rings (SSSR count). The number of nitrogens with zero attached hydrogens (tertiary/aromatic N) is 2. The van der Waals surface area contributed by atoms with Crippen LogP contribution in [0.4, 0.5) is 5.82 Å². The minimum Gasteiger partial charge on any atom is -0.372 e. The number of halogens is 1. The smallest absolute Gasteiger partial charge is 0.143 e. The van der Waals surface area contributed by atoms with Gasteiger partial charge in [0.2, 0.25) is 0 Å². The minimum atomic E-state index is 0.0104. The maximum atomic E-state index is 4.79. The number of anilines is 1. The lowest BCUT2D eigenvalue weighted by molar-refractivity contribution is 0.559. The molecule has 1 aromatic carbocycles. The van der Waals surface area contributed by atoms with Crippen molar-refractivity contribution in [1.82, 2.24) is 9.97 Å². The van der Waals surface area contributed by atoms with Gasteiger partial charge in [-0.05, 0) is 28.2 Å². The standard InChI is InChI=1S/C16H20IN3/c1-16(2,3)14-13(17)15(18-4)20-12(19-14)10-11-8-6-5-7-9-11/h5-9H,10H2,1-4H3,(H,18,19,20). The van der Waals surface area contributed by atoms with E-state index in [0.717, 1.165) is 27.3 Å². The summed E-state index contributed by atoms with van der Waals surface area (Å²) in [4.78, 5) is 9.42. The fraction of sp³-hybridized carbons (Fsp3) is 0.375. The molecule has 2 aromatic rings. The molecule has 0 amide bonds. The first kappa shape index (κ1) is 15.2. The Kier molecular flexibility index (Phi) is 4.62. The SMILES string of the molecule is CNc1nc(Cc2ccccc2)nc(C(C)(C)C)c1I. The van der Waals surface area contributed by atoms with Crippen LogP contribution in [0.2, 0.25) is 0 Å². The van der Waals surface area contributed by atoms with Gasteiger partial charge in [-0.25, -0.2) is 9.97 Å². The molecule has 0 aliphatic rings. The van der Waals surface area contributed by atoms with E-state index in [1.165, 1.54) is 5.56 Å². The van der Waals surface area contributed by atoms with Crippen LogP contribution in [0, 0.1) is 3.57 Å². The Labute approximate surface area is 134 Å². The van der Waals surface area contributed by atoms with Crippen molar-refractivity contribution in [2.24, 2.45) is 0 Å². The minimum absolute atomic E-state index is 0.0104. The second kappa shape index (κ2) is 6.08. The second-order valence-electron chi connectivity index (χ2n) is 5.81. The average Bonchev–Trinajstić information content (AvgIpc) is 2.40. The first-order chi connectivity index (χ1) is 9.41. The largest absolute Gasteiger partial charge is 0.372 e. The van der Waals surface area contributed by atoms with Crippen molar-refractivity contribution in [1.29, 1.82) is 0 Å². The Bertz CT molecular complexity index is 589. The summed E-state index contributed by atoms with van der Waals surface area (Å²) in [5, 5.41) is 3.18. The van der Waals surface area contributed by atoms with Crippen molar-refractivity contribution >= 4 is 28.4 Å². The van der Waals surface area contributed by atoms with Crippen LogP contribution in [0.15, 0.2) is 30.3 Å². The van der Waals surface area contributed by atoms with Gasteiger partial charge >= 0.3 is 0 Å². The summed E-state index contributed by atoms with van der Waals surface area (Å²) in [7, 11) is 1.91. The molecule has 4 heteroatoms. The Hall–Kier alpha value is -1.17. The van der Waals surface area contributed by atoms with E-state index in [1.54, 1.807) is 0 Å². The zero-order chi connectivity index (χ0) is 14.8. The monoisotopic (exact) mass is 381 g/mol. The number of benzene rings is 1. The van der Waals surface area contributed by atoms with Crippen LogP contribution in [-0.4, -0.2) is 17.0 Å². The summed E-state index contributed by atoms with van der Waals surface area (Å²) in [6, 6.07) is 10.3. The van der Waals surface area contributed by atoms with E-state index in [-0.39, 0.29) is 5.41 Å². The predicted molar refractivity (Wildman–Crippen MR) is 92.2 cm³/mol. The van der Waals surface area contributed by atoms with Gasteiger partial charge in [-0.2, -0.15) is 0 Å². The molecule has 1 aromatic heterocycles. The summed E-state index contributed by atoms with van der Waals surface area (Å²) >= 11 is 2.33. The van der Waals surface area contributed by atoms with Crippen LogP contribution in [0.5, 0.6) is 0 Å². The van der Waals surface area contributed by atoms with Gasteiger partial charge in [0.25, 0.3) is 0 Å². The molecule has 0 fully saturated rings. The predicted octanol–water partition coefficient (Wildman–Crippen LogP) is 4.01. The van der Waals surface area contributed by atoms with Crippen molar-refractivity contribution in [3.05, 3.63) is 51.0 Å². The van der Waals surface area contributed by atoms with Crippen molar-refractivity contribution in [2.45, 2.75) is 32.6 Å². The number of rotatable bonds is 3. The molecule has 0 aliphatic carbocycles. The maximum Gasteiger partial charge on any atom is 0.143 e. The molecule has 0 bridgehead atoms. The Morgan fingerprint density at radius 1 is 1.10 bits per heavy atom. The van der Waals surface area contributed by atoms with Crippen molar-refractivity contribution in [3.8, 4) is 0 Å². The van der Waals surface area contributed by atoms with E-state index in [0.29, 0.717) is 0 Å². The fourth-order valence-corrected chi connectivity index (χ4v) is 3.33. The number of hydrogen-bond donors (Lipinski definition) is 1. The molecule has 0 radical (unpaired) electrons. The molecule has 0 spiro atoms. The number of aromatic nitrogens is 2.